The quantitative estimate of drug-likeness (QED) is 0.148. The van der Waals surface area contributed by atoms with Crippen molar-refractivity contribution in [1.29, 1.82) is 0 Å². The van der Waals surface area contributed by atoms with Crippen LogP contribution in [0.25, 0.3) is 22.3 Å². The molecule has 0 fully saturated rings. The minimum Gasteiger partial charge on any atom is -0.494 e. The van der Waals surface area contributed by atoms with Crippen LogP contribution in [0.5, 0.6) is 5.75 Å². The van der Waals surface area contributed by atoms with Crippen molar-refractivity contribution in [3.8, 4) is 28.0 Å². The Balaban J connectivity index is 1.49. The smallest absolute Gasteiger partial charge is 0.119 e. The van der Waals surface area contributed by atoms with Crippen LogP contribution >= 0.6 is 0 Å². The predicted molar refractivity (Wildman–Crippen MR) is 164 cm³/mol. The fraction of sp³-hybridized carbons (Fsp3) is 0.500. The average molecular weight is 515 g/mol. The molecule has 0 amide bonds. The summed E-state index contributed by atoms with van der Waals surface area (Å²) in [6.45, 7) is 8.28. The first-order valence-corrected chi connectivity index (χ1v) is 15.3. The zero-order valence-electron chi connectivity index (χ0n) is 24.2. The molecule has 3 aromatic rings. The van der Waals surface area contributed by atoms with Crippen molar-refractivity contribution in [2.75, 3.05) is 13.2 Å². The van der Waals surface area contributed by atoms with Gasteiger partial charge in [0.1, 0.15) is 5.75 Å². The Labute approximate surface area is 232 Å². The van der Waals surface area contributed by atoms with Crippen LogP contribution in [-0.4, -0.2) is 13.2 Å². The average Bonchev–Trinajstić information content (AvgIpc) is 2.96. The lowest BCUT2D eigenvalue weighted by Crippen LogP contribution is -2.01. The highest BCUT2D eigenvalue weighted by molar-refractivity contribution is 5.83. The van der Waals surface area contributed by atoms with E-state index in [1.54, 1.807) is 0 Å². The van der Waals surface area contributed by atoms with Gasteiger partial charge in [-0.25, -0.2) is 0 Å². The Morgan fingerprint density at radius 2 is 1.00 bits per heavy atom. The zero-order chi connectivity index (χ0) is 26.8. The molecule has 206 valence electrons. The molecule has 38 heavy (non-hydrogen) atoms. The lowest BCUT2D eigenvalue weighted by atomic mass is 9.94. The Hall–Kier alpha value is -2.58. The van der Waals surface area contributed by atoms with Crippen LogP contribution in [0.4, 0.5) is 0 Å². The lowest BCUT2D eigenvalue weighted by molar-refractivity contribution is 0.0630. The molecule has 0 heterocycles. The van der Waals surface area contributed by atoms with Gasteiger partial charge in [0, 0.05) is 6.61 Å². The first-order chi connectivity index (χ1) is 18.7. The molecule has 0 N–H and O–H groups in total. The molecule has 0 radical (unpaired) electrons. The maximum Gasteiger partial charge on any atom is 0.119 e. The van der Waals surface area contributed by atoms with Crippen LogP contribution in [0, 0.1) is 0 Å². The lowest BCUT2D eigenvalue weighted by Gasteiger charge is -2.15. The van der Waals surface area contributed by atoms with Gasteiger partial charge in [-0.1, -0.05) is 139 Å². The van der Waals surface area contributed by atoms with Crippen molar-refractivity contribution >= 4 is 0 Å². The van der Waals surface area contributed by atoms with Crippen molar-refractivity contribution in [3.63, 3.8) is 0 Å². The summed E-state index contributed by atoms with van der Waals surface area (Å²) < 4.78 is 12.1. The zero-order valence-corrected chi connectivity index (χ0v) is 24.2. The maximum atomic E-state index is 6.04. The highest BCUT2D eigenvalue weighted by atomic mass is 16.5. The van der Waals surface area contributed by atoms with Gasteiger partial charge in [-0.05, 0) is 59.7 Å². The summed E-state index contributed by atoms with van der Waals surface area (Å²) in [6, 6.07) is 26.1. The van der Waals surface area contributed by atoms with E-state index in [2.05, 4.69) is 93.6 Å². The Morgan fingerprint density at radius 3 is 1.58 bits per heavy atom. The van der Waals surface area contributed by atoms with Gasteiger partial charge < -0.3 is 9.47 Å². The molecule has 3 rings (SSSR count). The monoisotopic (exact) mass is 514 g/mol. The Bertz CT molecular complexity index is 1010. The van der Waals surface area contributed by atoms with Crippen molar-refractivity contribution in [1.82, 2.24) is 0 Å². The largest absolute Gasteiger partial charge is 0.494 e. The maximum absolute atomic E-state index is 6.04. The summed E-state index contributed by atoms with van der Waals surface area (Å²) in [6.07, 6.45) is 15.7. The number of unbranched alkanes of at least 4 members (excludes halogenated alkanes) is 10. The van der Waals surface area contributed by atoms with Crippen LogP contribution in [-0.2, 0) is 4.74 Å². The van der Waals surface area contributed by atoms with Gasteiger partial charge >= 0.3 is 0 Å². The third-order valence-electron chi connectivity index (χ3n) is 7.42. The molecule has 0 bridgehead atoms. The van der Waals surface area contributed by atoms with E-state index >= 15 is 0 Å². The third-order valence-corrected chi connectivity index (χ3v) is 7.42. The van der Waals surface area contributed by atoms with E-state index in [1.807, 2.05) is 0 Å². The Morgan fingerprint density at radius 1 is 0.526 bits per heavy atom. The number of rotatable bonds is 19. The van der Waals surface area contributed by atoms with Crippen LogP contribution in [0.1, 0.15) is 109 Å². The molecule has 0 spiro atoms. The molecule has 0 aromatic heterocycles. The SMILES string of the molecule is CCCCCCCCCCCOc1ccc(-c2ccccc2-c2ccc(C(C)OCCCCC)cc2)cc1. The molecule has 1 atom stereocenters. The molecule has 0 saturated carbocycles. The molecule has 0 aliphatic rings. The molecule has 2 nitrogen and oxygen atoms in total. The summed E-state index contributed by atoms with van der Waals surface area (Å²) >= 11 is 0. The standard InChI is InChI=1S/C36H50O2/c1-4-6-8-9-10-11-12-13-17-29-38-34-26-24-33(25-27-34)36-19-15-14-18-35(36)32-22-20-31(21-23-32)30(3)37-28-16-7-5-2/h14-15,18-27,30H,4-13,16-17,28-29H2,1-3H3. The van der Waals surface area contributed by atoms with E-state index in [1.165, 1.54) is 92.0 Å². The number of hydrogen-bond acceptors (Lipinski definition) is 2. The first-order valence-electron chi connectivity index (χ1n) is 15.3. The van der Waals surface area contributed by atoms with Gasteiger partial charge in [0.15, 0.2) is 0 Å². The molecule has 0 aliphatic carbocycles. The minimum absolute atomic E-state index is 0.124. The number of ether oxygens (including phenoxy) is 2. The third kappa shape index (κ3) is 10.3. The molecule has 0 aliphatic heterocycles. The van der Waals surface area contributed by atoms with Gasteiger partial charge in [0.2, 0.25) is 0 Å². The molecule has 2 heteroatoms. The van der Waals surface area contributed by atoms with Gasteiger partial charge in [-0.15, -0.1) is 0 Å². The first kappa shape index (κ1) is 30.0. The van der Waals surface area contributed by atoms with E-state index in [0.717, 1.165) is 31.8 Å². The number of benzene rings is 3. The fourth-order valence-electron chi connectivity index (χ4n) is 4.96. The van der Waals surface area contributed by atoms with E-state index < -0.39 is 0 Å². The summed E-state index contributed by atoms with van der Waals surface area (Å²) in [7, 11) is 0. The van der Waals surface area contributed by atoms with Gasteiger partial charge in [-0.2, -0.15) is 0 Å². The number of hydrogen-bond donors (Lipinski definition) is 0. The second-order valence-corrected chi connectivity index (χ2v) is 10.6. The van der Waals surface area contributed by atoms with Crippen molar-refractivity contribution in [2.24, 2.45) is 0 Å². The van der Waals surface area contributed by atoms with Crippen LogP contribution in [0.3, 0.4) is 0 Å². The normalized spacial score (nSPS) is 12.0. The summed E-state index contributed by atoms with van der Waals surface area (Å²) in [5.74, 6) is 0.961. The molecular formula is C36H50O2. The van der Waals surface area contributed by atoms with Crippen LogP contribution in [0.2, 0.25) is 0 Å². The molecule has 0 saturated heterocycles. The highest BCUT2D eigenvalue weighted by Gasteiger charge is 2.10. The van der Waals surface area contributed by atoms with Gasteiger partial charge in [0.05, 0.1) is 12.7 Å². The van der Waals surface area contributed by atoms with Crippen LogP contribution < -0.4 is 4.74 Å². The molecular weight excluding hydrogens is 464 g/mol. The second kappa shape index (κ2) is 17.8. The molecule has 3 aromatic carbocycles. The van der Waals surface area contributed by atoms with E-state index in [4.69, 9.17) is 9.47 Å². The predicted octanol–water partition coefficient (Wildman–Crippen LogP) is 11.2. The molecule has 1 unspecified atom stereocenters. The second-order valence-electron chi connectivity index (χ2n) is 10.6. The minimum atomic E-state index is 0.124. The summed E-state index contributed by atoms with van der Waals surface area (Å²) in [5.41, 5.74) is 6.17. The van der Waals surface area contributed by atoms with E-state index in [9.17, 15) is 0 Å². The van der Waals surface area contributed by atoms with Gasteiger partial charge in [-0.3, -0.25) is 0 Å². The Kier molecular flexibility index (Phi) is 14.1. The van der Waals surface area contributed by atoms with Crippen molar-refractivity contribution in [2.45, 2.75) is 104 Å². The summed E-state index contributed by atoms with van der Waals surface area (Å²) in [5, 5.41) is 0. The highest BCUT2D eigenvalue weighted by Crippen LogP contribution is 2.33. The van der Waals surface area contributed by atoms with Crippen molar-refractivity contribution < 1.29 is 9.47 Å². The topological polar surface area (TPSA) is 18.5 Å². The van der Waals surface area contributed by atoms with E-state index in [0.29, 0.717) is 0 Å². The fourth-order valence-corrected chi connectivity index (χ4v) is 4.96. The summed E-state index contributed by atoms with van der Waals surface area (Å²) in [4.78, 5) is 0. The van der Waals surface area contributed by atoms with Crippen molar-refractivity contribution in [3.05, 3.63) is 78.4 Å². The van der Waals surface area contributed by atoms with Gasteiger partial charge in [0.25, 0.3) is 0 Å². The van der Waals surface area contributed by atoms with Crippen LogP contribution in [0.15, 0.2) is 72.8 Å². The van der Waals surface area contributed by atoms with E-state index in [-0.39, 0.29) is 6.10 Å².